The molecule has 1 heterocycles. The van der Waals surface area contributed by atoms with Crippen LogP contribution >= 0.6 is 0 Å². The summed E-state index contributed by atoms with van der Waals surface area (Å²) in [6.45, 7) is 1.47. The molecule has 1 aromatic heterocycles. The second-order valence-electron chi connectivity index (χ2n) is 5.47. The molecule has 0 fully saturated rings. The molecule has 8 heteroatoms. The van der Waals surface area contributed by atoms with Gasteiger partial charge in [0.05, 0.1) is 40.4 Å². The molecule has 0 aliphatic carbocycles. The zero-order chi connectivity index (χ0) is 14.5. The van der Waals surface area contributed by atoms with Crippen LogP contribution in [0.25, 0.3) is 0 Å². The summed E-state index contributed by atoms with van der Waals surface area (Å²) < 4.78 is 2.53. The van der Waals surface area contributed by atoms with Crippen LogP contribution in [0.4, 0.5) is 0 Å². The van der Waals surface area contributed by atoms with Crippen LogP contribution in [0.2, 0.25) is 0 Å². The van der Waals surface area contributed by atoms with Gasteiger partial charge in [-0.1, -0.05) is 5.16 Å². The lowest BCUT2D eigenvalue weighted by Crippen LogP contribution is -3.00. The van der Waals surface area contributed by atoms with Crippen molar-refractivity contribution >= 4 is 12.1 Å². The highest BCUT2D eigenvalue weighted by Gasteiger charge is 2.17. The molecule has 21 heavy (non-hydrogen) atoms. The standard InChI is InChI=1S/C13H20N4O2.2ClH/c1-16-7-5-11(10-15-19)9-12(16)13(18)14-6-8-17(2,3)4;;/h5,7,9-10H,6,8H2,1-4H3;2*1H. The first-order valence-corrected chi connectivity index (χ1v) is 6.09. The number of nitrogens with zero attached hydrogens (tertiary/aromatic N) is 3. The van der Waals surface area contributed by atoms with Gasteiger partial charge in [-0.2, -0.15) is 4.57 Å². The molecule has 0 saturated carbocycles. The Morgan fingerprint density at radius 2 is 2.05 bits per heavy atom. The molecule has 0 aliphatic rings. The first kappa shape index (κ1) is 21.9. The minimum atomic E-state index is -0.135. The number of rotatable bonds is 5. The van der Waals surface area contributed by atoms with Gasteiger partial charge in [0.15, 0.2) is 6.20 Å². The van der Waals surface area contributed by atoms with Crippen LogP contribution in [0.5, 0.6) is 0 Å². The van der Waals surface area contributed by atoms with E-state index in [1.54, 1.807) is 29.9 Å². The molecule has 0 bridgehead atoms. The SMILES string of the molecule is C[n+]1ccc(/C=N/O)cc1C(=O)NCC[N+](C)(C)C.[Cl-].[Cl-]. The Morgan fingerprint density at radius 1 is 1.43 bits per heavy atom. The van der Waals surface area contributed by atoms with E-state index in [1.807, 2.05) is 0 Å². The monoisotopic (exact) mass is 336 g/mol. The maximum atomic E-state index is 12.1. The number of amides is 1. The number of hydrogen-bond acceptors (Lipinski definition) is 3. The molecule has 0 atom stereocenters. The molecule has 120 valence electrons. The molecule has 6 nitrogen and oxygen atoms in total. The molecular formula is C13H22Cl2N4O2. The van der Waals surface area contributed by atoms with Crippen LogP contribution < -0.4 is 34.7 Å². The second-order valence-corrected chi connectivity index (χ2v) is 5.47. The van der Waals surface area contributed by atoms with Crippen molar-refractivity contribution in [2.24, 2.45) is 12.2 Å². The van der Waals surface area contributed by atoms with E-state index >= 15 is 0 Å². The van der Waals surface area contributed by atoms with Gasteiger partial charge in [-0.25, -0.2) is 0 Å². The highest BCUT2D eigenvalue weighted by Crippen LogP contribution is 1.98. The number of aryl methyl sites for hydroxylation is 1. The number of halogens is 2. The number of carbonyl (C=O) groups is 1. The smallest absolute Gasteiger partial charge is 0.316 e. The molecule has 2 N–H and O–H groups in total. The lowest BCUT2D eigenvalue weighted by atomic mass is 10.2. The van der Waals surface area contributed by atoms with E-state index in [0.29, 0.717) is 17.8 Å². The molecule has 0 unspecified atom stereocenters. The fourth-order valence-electron chi connectivity index (χ4n) is 1.55. The third-order valence-corrected chi connectivity index (χ3v) is 2.68. The van der Waals surface area contributed by atoms with E-state index in [1.165, 1.54) is 6.21 Å². The van der Waals surface area contributed by atoms with E-state index in [2.05, 4.69) is 31.6 Å². The summed E-state index contributed by atoms with van der Waals surface area (Å²) >= 11 is 0. The van der Waals surface area contributed by atoms with Crippen LogP contribution in [0.1, 0.15) is 16.1 Å². The van der Waals surface area contributed by atoms with Crippen LogP contribution in [0, 0.1) is 0 Å². The van der Waals surface area contributed by atoms with Crippen molar-refractivity contribution in [2.75, 3.05) is 34.2 Å². The molecule has 0 radical (unpaired) electrons. The predicted octanol–water partition coefficient (Wildman–Crippen LogP) is -6.24. The maximum absolute atomic E-state index is 12.1. The molecular weight excluding hydrogens is 315 g/mol. The Labute approximate surface area is 137 Å². The predicted molar refractivity (Wildman–Crippen MR) is 72.2 cm³/mol. The highest BCUT2D eigenvalue weighted by molar-refractivity contribution is 5.92. The van der Waals surface area contributed by atoms with Crippen LogP contribution in [0.3, 0.4) is 0 Å². The Kier molecular flexibility index (Phi) is 9.96. The zero-order valence-corrected chi connectivity index (χ0v) is 14.2. The van der Waals surface area contributed by atoms with Crippen molar-refractivity contribution in [1.29, 1.82) is 0 Å². The topological polar surface area (TPSA) is 65.6 Å². The molecule has 1 rings (SSSR count). The van der Waals surface area contributed by atoms with E-state index in [-0.39, 0.29) is 30.7 Å². The Hall–Kier alpha value is -1.37. The van der Waals surface area contributed by atoms with Crippen molar-refractivity contribution < 1.29 is 43.9 Å². The molecule has 1 amide bonds. The normalized spacial score (nSPS) is 10.7. The minimum absolute atomic E-state index is 0. The van der Waals surface area contributed by atoms with Gasteiger partial charge in [0.25, 0.3) is 5.69 Å². The number of likely N-dealkylation sites (N-methyl/N-ethyl adjacent to an activating group) is 1. The number of carbonyl (C=O) groups excluding carboxylic acids is 1. The summed E-state index contributed by atoms with van der Waals surface area (Å²) in [5.41, 5.74) is 1.20. The van der Waals surface area contributed by atoms with Gasteiger partial charge in [0.2, 0.25) is 0 Å². The van der Waals surface area contributed by atoms with Crippen molar-refractivity contribution in [2.45, 2.75) is 0 Å². The van der Waals surface area contributed by atoms with E-state index in [0.717, 1.165) is 11.0 Å². The molecule has 0 aliphatic heterocycles. The summed E-state index contributed by atoms with van der Waals surface area (Å²) in [5, 5.41) is 14.4. The van der Waals surface area contributed by atoms with Crippen molar-refractivity contribution in [3.05, 3.63) is 29.6 Å². The lowest BCUT2D eigenvalue weighted by Gasteiger charge is -2.23. The van der Waals surface area contributed by atoms with E-state index in [4.69, 9.17) is 5.21 Å². The largest absolute Gasteiger partial charge is 1.00 e. The van der Waals surface area contributed by atoms with Gasteiger partial charge in [0, 0.05) is 17.7 Å². The maximum Gasteiger partial charge on any atom is 0.316 e. The summed E-state index contributed by atoms with van der Waals surface area (Å²) in [4.78, 5) is 12.1. The van der Waals surface area contributed by atoms with Gasteiger partial charge >= 0.3 is 5.91 Å². The average molecular weight is 337 g/mol. The summed E-state index contributed by atoms with van der Waals surface area (Å²) in [7, 11) is 8.02. The molecule has 0 aromatic carbocycles. The van der Waals surface area contributed by atoms with Gasteiger partial charge in [-0.05, 0) is 0 Å². The first-order chi connectivity index (χ1) is 8.83. The van der Waals surface area contributed by atoms with Gasteiger partial charge in [-0.15, -0.1) is 0 Å². The fraction of sp³-hybridized carbons (Fsp3) is 0.462. The van der Waals surface area contributed by atoms with Crippen molar-refractivity contribution in [1.82, 2.24) is 5.32 Å². The van der Waals surface area contributed by atoms with Crippen molar-refractivity contribution in [3.8, 4) is 0 Å². The summed E-state index contributed by atoms with van der Waals surface area (Å²) in [6.07, 6.45) is 3.05. The summed E-state index contributed by atoms with van der Waals surface area (Å²) in [6, 6.07) is 3.45. The Morgan fingerprint density at radius 3 is 2.57 bits per heavy atom. The number of nitrogens with one attached hydrogen (secondary N) is 1. The third-order valence-electron chi connectivity index (χ3n) is 2.68. The van der Waals surface area contributed by atoms with E-state index < -0.39 is 0 Å². The van der Waals surface area contributed by atoms with Gasteiger partial charge < -0.3 is 39.8 Å². The number of pyridine rings is 1. The lowest BCUT2D eigenvalue weighted by molar-refractivity contribution is -0.869. The van der Waals surface area contributed by atoms with Crippen LogP contribution in [0.15, 0.2) is 23.5 Å². The molecule has 0 saturated heterocycles. The van der Waals surface area contributed by atoms with Crippen LogP contribution in [-0.2, 0) is 7.05 Å². The quantitative estimate of drug-likeness (QED) is 0.185. The number of oxime groups is 1. The van der Waals surface area contributed by atoms with Crippen LogP contribution in [-0.4, -0.2) is 56.0 Å². The summed E-state index contributed by atoms with van der Waals surface area (Å²) in [5.74, 6) is -0.135. The zero-order valence-electron chi connectivity index (χ0n) is 12.7. The second kappa shape index (κ2) is 9.55. The van der Waals surface area contributed by atoms with Gasteiger partial charge in [0.1, 0.15) is 7.05 Å². The van der Waals surface area contributed by atoms with Crippen molar-refractivity contribution in [3.63, 3.8) is 0 Å². The van der Waals surface area contributed by atoms with Gasteiger partial charge in [-0.3, -0.25) is 4.79 Å². The first-order valence-electron chi connectivity index (χ1n) is 6.09. The number of aromatic nitrogens is 1. The number of quaternary nitrogens is 1. The fourth-order valence-corrected chi connectivity index (χ4v) is 1.55. The Balaban J connectivity index is 0. The minimum Gasteiger partial charge on any atom is -1.00 e. The number of hydrogen-bond donors (Lipinski definition) is 2. The average Bonchev–Trinajstić information content (AvgIpc) is 2.30. The molecule has 0 spiro atoms. The highest BCUT2D eigenvalue weighted by atomic mass is 35.5. The molecule has 1 aromatic rings. The Bertz CT molecular complexity index is 488. The van der Waals surface area contributed by atoms with E-state index in [9.17, 15) is 4.79 Å². The third kappa shape index (κ3) is 7.84.